The molecule has 4 amide bonds. The summed E-state index contributed by atoms with van der Waals surface area (Å²) < 4.78 is 4.80. The molecule has 20 heavy (non-hydrogen) atoms. The average molecular weight is 280 g/mol. The first-order chi connectivity index (χ1) is 9.35. The predicted octanol–water partition coefficient (Wildman–Crippen LogP) is 0.642. The van der Waals surface area contributed by atoms with Crippen LogP contribution in [-0.2, 0) is 9.59 Å². The van der Waals surface area contributed by atoms with Crippen LogP contribution in [0.4, 0.5) is 10.6 Å². The number of aromatic nitrogens is 1. The van der Waals surface area contributed by atoms with Crippen LogP contribution < -0.4 is 10.6 Å². The maximum atomic E-state index is 12.1. The number of hydrogen-bond donors (Lipinski definition) is 2. The minimum absolute atomic E-state index is 0.248. The summed E-state index contributed by atoms with van der Waals surface area (Å²) in [5.74, 6) is -0.120. The number of rotatable bonds is 4. The minimum atomic E-state index is -0.943. The second-order valence-corrected chi connectivity index (χ2v) is 4.88. The van der Waals surface area contributed by atoms with Gasteiger partial charge in [0.2, 0.25) is 5.91 Å². The zero-order chi connectivity index (χ0) is 14.9. The molecule has 0 radical (unpaired) electrons. The number of amides is 4. The molecule has 1 aromatic heterocycles. The SMILES string of the molecule is CC[C@@]1(C)NC(=O)N(CC(=O)Nc2cc(C)on2)C1=O. The molecular weight excluding hydrogens is 264 g/mol. The van der Waals surface area contributed by atoms with E-state index >= 15 is 0 Å². The van der Waals surface area contributed by atoms with Crippen molar-refractivity contribution in [2.75, 3.05) is 11.9 Å². The Balaban J connectivity index is 2.01. The molecule has 8 heteroatoms. The summed E-state index contributed by atoms with van der Waals surface area (Å²) in [6.45, 7) is 4.75. The largest absolute Gasteiger partial charge is 0.360 e. The van der Waals surface area contributed by atoms with Crippen LogP contribution in [0.15, 0.2) is 10.6 Å². The van der Waals surface area contributed by atoms with Crippen molar-refractivity contribution in [2.45, 2.75) is 32.7 Å². The van der Waals surface area contributed by atoms with Crippen LogP contribution in [0.2, 0.25) is 0 Å². The molecule has 2 rings (SSSR count). The van der Waals surface area contributed by atoms with E-state index in [0.717, 1.165) is 4.90 Å². The summed E-state index contributed by atoms with van der Waals surface area (Å²) in [5.41, 5.74) is -0.943. The number of carbonyl (C=O) groups excluding carboxylic acids is 3. The van der Waals surface area contributed by atoms with E-state index in [0.29, 0.717) is 12.2 Å². The highest BCUT2D eigenvalue weighted by atomic mass is 16.5. The van der Waals surface area contributed by atoms with Crippen molar-refractivity contribution in [3.8, 4) is 0 Å². The normalized spacial score (nSPS) is 22.1. The zero-order valence-electron chi connectivity index (χ0n) is 11.5. The van der Waals surface area contributed by atoms with Crippen LogP contribution in [0.5, 0.6) is 0 Å². The number of nitrogens with zero attached hydrogens (tertiary/aromatic N) is 2. The van der Waals surface area contributed by atoms with Crippen molar-refractivity contribution in [2.24, 2.45) is 0 Å². The Hall–Kier alpha value is -2.38. The average Bonchev–Trinajstić information content (AvgIpc) is 2.87. The van der Waals surface area contributed by atoms with Gasteiger partial charge in [0.05, 0.1) is 0 Å². The maximum absolute atomic E-state index is 12.1. The lowest BCUT2D eigenvalue weighted by atomic mass is 9.99. The quantitative estimate of drug-likeness (QED) is 0.787. The Bertz CT molecular complexity index is 568. The van der Waals surface area contributed by atoms with Crippen LogP contribution in [0.3, 0.4) is 0 Å². The summed E-state index contributed by atoms with van der Waals surface area (Å²) in [7, 11) is 0. The molecular formula is C12H16N4O4. The highest BCUT2D eigenvalue weighted by Crippen LogP contribution is 2.20. The second-order valence-electron chi connectivity index (χ2n) is 4.88. The van der Waals surface area contributed by atoms with Gasteiger partial charge in [0.25, 0.3) is 5.91 Å². The summed E-state index contributed by atoms with van der Waals surface area (Å²) in [4.78, 5) is 36.5. The third-order valence-electron chi connectivity index (χ3n) is 3.25. The number of anilines is 1. The van der Waals surface area contributed by atoms with E-state index in [1.165, 1.54) is 0 Å². The minimum Gasteiger partial charge on any atom is -0.360 e. The van der Waals surface area contributed by atoms with Crippen molar-refractivity contribution >= 4 is 23.7 Å². The Kier molecular flexibility index (Phi) is 3.47. The molecule has 0 aliphatic carbocycles. The lowest BCUT2D eigenvalue weighted by Crippen LogP contribution is -2.44. The van der Waals surface area contributed by atoms with Gasteiger partial charge in [-0.1, -0.05) is 12.1 Å². The van der Waals surface area contributed by atoms with Gasteiger partial charge in [-0.05, 0) is 20.3 Å². The molecule has 1 aliphatic rings. The van der Waals surface area contributed by atoms with Crippen LogP contribution >= 0.6 is 0 Å². The highest BCUT2D eigenvalue weighted by molar-refractivity contribution is 6.09. The summed E-state index contributed by atoms with van der Waals surface area (Å²) in [6.07, 6.45) is 0.457. The molecule has 8 nitrogen and oxygen atoms in total. The first kappa shape index (κ1) is 14.0. The number of aryl methyl sites for hydroxylation is 1. The zero-order valence-corrected chi connectivity index (χ0v) is 11.5. The van der Waals surface area contributed by atoms with Gasteiger partial charge in [0.15, 0.2) is 5.82 Å². The Morgan fingerprint density at radius 1 is 1.55 bits per heavy atom. The van der Waals surface area contributed by atoms with E-state index in [1.54, 1.807) is 26.8 Å². The number of urea groups is 1. The topological polar surface area (TPSA) is 105 Å². The van der Waals surface area contributed by atoms with Crippen molar-refractivity contribution < 1.29 is 18.9 Å². The molecule has 2 N–H and O–H groups in total. The van der Waals surface area contributed by atoms with Crippen molar-refractivity contribution in [3.63, 3.8) is 0 Å². The molecule has 1 fully saturated rings. The van der Waals surface area contributed by atoms with E-state index in [2.05, 4.69) is 15.8 Å². The van der Waals surface area contributed by atoms with Gasteiger partial charge in [-0.2, -0.15) is 0 Å². The third-order valence-corrected chi connectivity index (χ3v) is 3.25. The van der Waals surface area contributed by atoms with E-state index in [1.807, 2.05) is 0 Å². The lowest BCUT2D eigenvalue weighted by molar-refractivity contribution is -0.133. The summed E-state index contributed by atoms with van der Waals surface area (Å²) >= 11 is 0. The first-order valence-electron chi connectivity index (χ1n) is 6.23. The molecule has 0 bridgehead atoms. The number of carbonyl (C=O) groups is 3. The first-order valence-corrected chi connectivity index (χ1v) is 6.23. The van der Waals surface area contributed by atoms with Crippen LogP contribution in [0.25, 0.3) is 0 Å². The van der Waals surface area contributed by atoms with E-state index in [9.17, 15) is 14.4 Å². The standard InChI is InChI=1S/C12H16N4O4/c1-4-12(3)10(18)16(11(19)14-12)6-9(17)13-8-5-7(2)20-15-8/h5H,4,6H2,1-3H3,(H,14,19)(H,13,15,17)/t12-/m1/s1. The van der Waals surface area contributed by atoms with Gasteiger partial charge in [-0.3, -0.25) is 14.5 Å². The Morgan fingerprint density at radius 2 is 2.25 bits per heavy atom. The highest BCUT2D eigenvalue weighted by Gasteiger charge is 2.46. The van der Waals surface area contributed by atoms with Crippen molar-refractivity contribution in [3.05, 3.63) is 11.8 Å². The van der Waals surface area contributed by atoms with Crippen LogP contribution in [0, 0.1) is 6.92 Å². The molecule has 108 valence electrons. The fourth-order valence-corrected chi connectivity index (χ4v) is 1.88. The lowest BCUT2D eigenvalue weighted by Gasteiger charge is -2.18. The fourth-order valence-electron chi connectivity index (χ4n) is 1.88. The number of imide groups is 1. The van der Waals surface area contributed by atoms with Gasteiger partial charge in [0, 0.05) is 6.07 Å². The molecule has 1 aliphatic heterocycles. The molecule has 1 aromatic rings. The van der Waals surface area contributed by atoms with Gasteiger partial charge in [-0.15, -0.1) is 0 Å². The van der Waals surface area contributed by atoms with Crippen LogP contribution in [-0.4, -0.2) is 40.0 Å². The summed E-state index contributed by atoms with van der Waals surface area (Å²) in [5, 5.41) is 8.64. The maximum Gasteiger partial charge on any atom is 0.325 e. The van der Waals surface area contributed by atoms with E-state index in [-0.39, 0.29) is 12.4 Å². The molecule has 0 aromatic carbocycles. The fraction of sp³-hybridized carbons (Fsp3) is 0.500. The van der Waals surface area contributed by atoms with Gasteiger partial charge in [-0.25, -0.2) is 4.79 Å². The molecule has 0 saturated carbocycles. The van der Waals surface area contributed by atoms with E-state index < -0.39 is 23.4 Å². The van der Waals surface area contributed by atoms with Crippen LogP contribution in [0.1, 0.15) is 26.0 Å². The van der Waals surface area contributed by atoms with Gasteiger partial charge >= 0.3 is 6.03 Å². The predicted molar refractivity (Wildman–Crippen MR) is 68.8 cm³/mol. The number of nitrogens with one attached hydrogen (secondary N) is 2. The number of hydrogen-bond acceptors (Lipinski definition) is 5. The second kappa shape index (κ2) is 4.95. The molecule has 1 atom stereocenters. The van der Waals surface area contributed by atoms with Crippen molar-refractivity contribution in [1.29, 1.82) is 0 Å². The summed E-state index contributed by atoms with van der Waals surface area (Å²) in [6, 6.07) is 0.978. The van der Waals surface area contributed by atoms with Gasteiger partial charge < -0.3 is 15.2 Å². The van der Waals surface area contributed by atoms with E-state index in [4.69, 9.17) is 4.52 Å². The Morgan fingerprint density at radius 3 is 2.75 bits per heavy atom. The Labute approximate surface area is 115 Å². The van der Waals surface area contributed by atoms with Crippen molar-refractivity contribution in [1.82, 2.24) is 15.4 Å². The molecule has 1 saturated heterocycles. The smallest absolute Gasteiger partial charge is 0.325 e. The molecule has 0 unspecified atom stereocenters. The van der Waals surface area contributed by atoms with Gasteiger partial charge in [0.1, 0.15) is 17.8 Å². The third kappa shape index (κ3) is 2.49. The molecule has 0 spiro atoms. The monoisotopic (exact) mass is 280 g/mol. The molecule has 2 heterocycles.